The monoisotopic (exact) mass is 706 g/mol. The number of nitrogens with two attached hydrogens (primary N) is 2. The number of piperidine rings is 1. The van der Waals surface area contributed by atoms with E-state index in [1.807, 2.05) is 6.07 Å². The third kappa shape index (κ3) is 6.57. The number of carbonyl (C=O) groups excluding carboxylic acids is 2. The lowest BCUT2D eigenvalue weighted by Crippen LogP contribution is -2.60. The molecule has 5 atom stereocenters. The van der Waals surface area contributed by atoms with E-state index in [0.29, 0.717) is 49.3 Å². The number of ether oxygens (including phenoxy) is 3. The van der Waals surface area contributed by atoms with Crippen molar-refractivity contribution in [1.82, 2.24) is 15.6 Å². The van der Waals surface area contributed by atoms with Gasteiger partial charge in [0.1, 0.15) is 47.5 Å². The maximum absolute atomic E-state index is 14.5. The van der Waals surface area contributed by atoms with Gasteiger partial charge in [0.15, 0.2) is 11.7 Å². The molecular formula is C35H42N6O10. The number of benzene rings is 2. The number of aliphatic hydroxyl groups is 4. The molecule has 0 spiro atoms. The van der Waals surface area contributed by atoms with E-state index in [0.717, 1.165) is 5.56 Å². The normalized spacial score (nSPS) is 24.4. The standard InChI is InChI=1S/C35H42N6O10/c1-38-34(37)41-14-21-16(12-35(5-7-39-8-6-35)17-3-4-24(36)40-13-17)9-19-26(28(21)44)30(46)25-20(27(19)43)10-18(49-2)11-22(25)50-33-32(48)31(47)29(45)23(15-42)51-33/h3-4,9-11,13,23,29,31-33,39,42,44-45,47-48H,5-8,12,14-15H2,1-2H3,(H2,36,40)(H3,37,38,41)/t23-,29-,31+,32-,33+/m1/s1. The van der Waals surface area contributed by atoms with Gasteiger partial charge in [0, 0.05) is 48.0 Å². The van der Waals surface area contributed by atoms with Crippen LogP contribution in [0.5, 0.6) is 17.2 Å². The molecule has 272 valence electrons. The Hall–Kier alpha value is -4.84. The summed E-state index contributed by atoms with van der Waals surface area (Å²) in [7, 11) is 2.85. The molecule has 2 saturated heterocycles. The topological polar surface area (TPSA) is 264 Å². The molecule has 0 unspecified atom stereocenters. The van der Waals surface area contributed by atoms with Gasteiger partial charge in [-0.25, -0.2) is 4.98 Å². The number of hydrogen-bond donors (Lipinski definition) is 9. The van der Waals surface area contributed by atoms with Gasteiger partial charge in [0.25, 0.3) is 0 Å². The number of hydrogen-bond acceptors (Lipinski definition) is 14. The molecule has 2 fully saturated rings. The lowest BCUT2D eigenvalue weighted by molar-refractivity contribution is -0.277. The third-order valence-corrected chi connectivity index (χ3v) is 10.0. The van der Waals surface area contributed by atoms with Gasteiger partial charge >= 0.3 is 0 Å². The van der Waals surface area contributed by atoms with Gasteiger partial charge in [-0.3, -0.25) is 14.6 Å². The Bertz CT molecular complexity index is 1840. The quantitative estimate of drug-likeness (QED) is 0.0764. The van der Waals surface area contributed by atoms with Crippen molar-refractivity contribution in [2.75, 3.05) is 39.6 Å². The SMILES string of the molecule is CN=C(N)NCc1c(CC2(c3ccc(N)nc3)CCNCC2)cc2c(c1O)C(=O)c1c(O[C@H]3O[C@H](CO)[C@@H](O)[C@H](O)[C@H]3O)cc(OC)cc1C2=O. The van der Waals surface area contributed by atoms with Crippen LogP contribution < -0.4 is 31.6 Å². The predicted molar refractivity (Wildman–Crippen MR) is 183 cm³/mol. The lowest BCUT2D eigenvalue weighted by Gasteiger charge is -2.40. The number of methoxy groups -OCH3 is 1. The Labute approximate surface area is 293 Å². The van der Waals surface area contributed by atoms with Gasteiger partial charge in [-0.1, -0.05) is 6.07 Å². The van der Waals surface area contributed by atoms with E-state index in [1.165, 1.54) is 26.3 Å². The van der Waals surface area contributed by atoms with Crippen molar-refractivity contribution in [3.05, 3.63) is 75.5 Å². The first kappa shape index (κ1) is 36.0. The van der Waals surface area contributed by atoms with Crippen LogP contribution in [0.25, 0.3) is 0 Å². The maximum Gasteiger partial charge on any atom is 0.229 e. The van der Waals surface area contributed by atoms with E-state index in [9.17, 15) is 35.1 Å². The maximum atomic E-state index is 14.5. The fourth-order valence-electron chi connectivity index (χ4n) is 7.12. The van der Waals surface area contributed by atoms with Crippen molar-refractivity contribution in [3.8, 4) is 17.2 Å². The number of anilines is 1. The number of aromatic nitrogens is 1. The molecule has 16 heteroatoms. The highest BCUT2D eigenvalue weighted by Crippen LogP contribution is 2.45. The molecule has 3 heterocycles. The van der Waals surface area contributed by atoms with Crippen LogP contribution in [0.2, 0.25) is 0 Å². The van der Waals surface area contributed by atoms with Gasteiger partial charge in [-0.2, -0.15) is 0 Å². The summed E-state index contributed by atoms with van der Waals surface area (Å²) in [5.41, 5.74) is 12.7. The van der Waals surface area contributed by atoms with Crippen LogP contribution in [0.1, 0.15) is 61.4 Å². The number of rotatable bonds is 9. The van der Waals surface area contributed by atoms with Crippen molar-refractivity contribution in [1.29, 1.82) is 0 Å². The highest BCUT2D eigenvalue weighted by atomic mass is 16.7. The number of aromatic hydroxyl groups is 1. The Balaban J connectivity index is 1.48. The molecule has 2 aliphatic heterocycles. The van der Waals surface area contributed by atoms with Crippen LogP contribution in [-0.4, -0.2) is 113 Å². The largest absolute Gasteiger partial charge is 0.507 e. The van der Waals surface area contributed by atoms with Gasteiger partial charge in [-0.15, -0.1) is 0 Å². The van der Waals surface area contributed by atoms with E-state index in [-0.39, 0.29) is 46.3 Å². The number of aliphatic hydroxyl groups excluding tert-OH is 4. The smallest absolute Gasteiger partial charge is 0.229 e. The molecule has 0 radical (unpaired) electrons. The summed E-state index contributed by atoms with van der Waals surface area (Å²) in [6, 6.07) is 7.96. The Morgan fingerprint density at radius 2 is 1.80 bits per heavy atom. The van der Waals surface area contributed by atoms with E-state index in [1.54, 1.807) is 18.3 Å². The van der Waals surface area contributed by atoms with Crippen LogP contribution in [0, 0.1) is 0 Å². The molecule has 11 N–H and O–H groups in total. The molecule has 1 aromatic heterocycles. The number of fused-ring (bicyclic) bond motifs is 2. The summed E-state index contributed by atoms with van der Waals surface area (Å²) >= 11 is 0. The molecule has 2 aromatic carbocycles. The number of ketones is 2. The Morgan fingerprint density at radius 3 is 2.45 bits per heavy atom. The minimum Gasteiger partial charge on any atom is -0.507 e. The minimum atomic E-state index is -1.80. The van der Waals surface area contributed by atoms with E-state index in [2.05, 4.69) is 20.6 Å². The van der Waals surface area contributed by atoms with Crippen molar-refractivity contribution in [3.63, 3.8) is 0 Å². The van der Waals surface area contributed by atoms with Gasteiger partial charge < -0.3 is 61.8 Å². The zero-order valence-corrected chi connectivity index (χ0v) is 28.1. The van der Waals surface area contributed by atoms with Crippen molar-refractivity contribution < 1.29 is 49.3 Å². The fourth-order valence-corrected chi connectivity index (χ4v) is 7.12. The summed E-state index contributed by atoms with van der Waals surface area (Å²) in [6.07, 6.45) is -4.63. The second kappa shape index (κ2) is 14.4. The van der Waals surface area contributed by atoms with E-state index >= 15 is 0 Å². The Morgan fingerprint density at radius 1 is 1.08 bits per heavy atom. The number of nitrogen functional groups attached to an aromatic ring is 1. The molecule has 1 aliphatic carbocycles. The first-order chi connectivity index (χ1) is 24.4. The van der Waals surface area contributed by atoms with Crippen LogP contribution in [0.4, 0.5) is 5.82 Å². The predicted octanol–water partition coefficient (Wildman–Crippen LogP) is -0.770. The van der Waals surface area contributed by atoms with Gasteiger partial charge in [-0.05, 0) is 61.7 Å². The van der Waals surface area contributed by atoms with Crippen LogP contribution >= 0.6 is 0 Å². The zero-order valence-electron chi connectivity index (χ0n) is 28.1. The Kier molecular flexibility index (Phi) is 10.2. The third-order valence-electron chi connectivity index (χ3n) is 10.0. The second-order valence-corrected chi connectivity index (χ2v) is 12.9. The van der Waals surface area contributed by atoms with E-state index in [4.69, 9.17) is 25.7 Å². The number of pyridine rings is 1. The number of nitrogens with zero attached hydrogens (tertiary/aromatic N) is 2. The molecule has 0 bridgehead atoms. The minimum absolute atomic E-state index is 0.0307. The summed E-state index contributed by atoms with van der Waals surface area (Å²) in [6.45, 7) is 0.689. The lowest BCUT2D eigenvalue weighted by atomic mass is 9.68. The molecule has 0 amide bonds. The first-order valence-electron chi connectivity index (χ1n) is 16.5. The molecule has 3 aliphatic rings. The fraction of sp³-hybridized carbons (Fsp3) is 0.429. The molecule has 3 aromatic rings. The summed E-state index contributed by atoms with van der Waals surface area (Å²) in [5, 5.41) is 59.2. The number of nitrogens with one attached hydrogen (secondary N) is 2. The number of phenolic OH excluding ortho intramolecular Hbond substituents is 1. The second-order valence-electron chi connectivity index (χ2n) is 12.9. The van der Waals surface area contributed by atoms with Crippen LogP contribution in [-0.2, 0) is 23.1 Å². The number of guanidine groups is 1. The number of aliphatic imine (C=N–C) groups is 1. The molecule has 16 nitrogen and oxygen atoms in total. The number of carbonyl (C=O) groups is 2. The first-order valence-corrected chi connectivity index (χ1v) is 16.5. The highest BCUT2D eigenvalue weighted by molar-refractivity contribution is 6.30. The average molecular weight is 707 g/mol. The van der Waals surface area contributed by atoms with E-state index < -0.39 is 60.0 Å². The van der Waals surface area contributed by atoms with Crippen LogP contribution in [0.15, 0.2) is 41.5 Å². The van der Waals surface area contributed by atoms with Crippen molar-refractivity contribution in [2.45, 2.75) is 61.9 Å². The highest BCUT2D eigenvalue weighted by Gasteiger charge is 2.46. The molecule has 0 saturated carbocycles. The van der Waals surface area contributed by atoms with Crippen LogP contribution in [0.3, 0.4) is 0 Å². The van der Waals surface area contributed by atoms with Gasteiger partial charge in [0.05, 0.1) is 24.8 Å². The average Bonchev–Trinajstić information content (AvgIpc) is 3.13. The zero-order chi connectivity index (χ0) is 36.6. The number of phenols is 1. The van der Waals surface area contributed by atoms with Crippen molar-refractivity contribution >= 4 is 23.3 Å². The summed E-state index contributed by atoms with van der Waals surface area (Å²) in [4.78, 5) is 37.1. The summed E-state index contributed by atoms with van der Waals surface area (Å²) in [5.74, 6) is -1.46. The molecule has 51 heavy (non-hydrogen) atoms. The van der Waals surface area contributed by atoms with Gasteiger partial charge in [0.2, 0.25) is 12.1 Å². The van der Waals surface area contributed by atoms with Crippen molar-refractivity contribution in [2.24, 2.45) is 10.7 Å². The molecule has 6 rings (SSSR count). The summed E-state index contributed by atoms with van der Waals surface area (Å²) < 4.78 is 16.8. The molecular weight excluding hydrogens is 664 g/mol.